The van der Waals surface area contributed by atoms with E-state index in [9.17, 15) is 4.79 Å². The van der Waals surface area contributed by atoms with Crippen LogP contribution in [-0.4, -0.2) is 35.0 Å². The Morgan fingerprint density at radius 2 is 2.04 bits per heavy atom. The number of nitrogens with zero attached hydrogens (tertiary/aromatic N) is 2. The second kappa shape index (κ2) is 7.78. The van der Waals surface area contributed by atoms with Crippen LogP contribution < -0.4 is 4.74 Å². The molecule has 1 aliphatic rings. The molecule has 0 saturated carbocycles. The first-order valence-corrected chi connectivity index (χ1v) is 9.53. The van der Waals surface area contributed by atoms with E-state index in [1.807, 2.05) is 41.3 Å². The van der Waals surface area contributed by atoms with Crippen LogP contribution >= 0.6 is 0 Å². The highest BCUT2D eigenvalue weighted by molar-refractivity contribution is 5.84. The Labute approximate surface area is 159 Å². The van der Waals surface area contributed by atoms with Gasteiger partial charge in [0.15, 0.2) is 0 Å². The molecular weight excluding hydrogens is 336 g/mol. The number of benzene rings is 2. The van der Waals surface area contributed by atoms with E-state index in [4.69, 9.17) is 4.74 Å². The summed E-state index contributed by atoms with van der Waals surface area (Å²) in [6, 6.07) is 18.3. The van der Waals surface area contributed by atoms with Crippen molar-refractivity contribution in [3.05, 3.63) is 71.9 Å². The molecule has 1 atom stereocenters. The first-order chi connectivity index (χ1) is 13.2. The average molecular weight is 360 g/mol. The standard InChI is InChI=1S/C23H24N2O2/c1-17-5-2-6-18(15-17)10-11-22(26)25-14-12-20(16-25)27-21-9-3-7-19-8-4-13-24-23(19)21/h2-9,13,15,20H,10-12,14,16H2,1H3. The van der Waals surface area contributed by atoms with Gasteiger partial charge < -0.3 is 9.64 Å². The number of aryl methyl sites for hydroxylation is 2. The highest BCUT2D eigenvalue weighted by Crippen LogP contribution is 2.26. The number of para-hydroxylation sites is 1. The summed E-state index contributed by atoms with van der Waals surface area (Å²) in [4.78, 5) is 18.9. The maximum atomic E-state index is 12.6. The molecule has 2 aromatic carbocycles. The molecule has 1 fully saturated rings. The van der Waals surface area contributed by atoms with E-state index in [2.05, 4.69) is 30.1 Å². The number of ether oxygens (including phenoxy) is 1. The predicted octanol–water partition coefficient (Wildman–Crippen LogP) is 4.16. The Balaban J connectivity index is 1.35. The summed E-state index contributed by atoms with van der Waals surface area (Å²) in [5, 5.41) is 1.07. The number of carbonyl (C=O) groups excluding carboxylic acids is 1. The van der Waals surface area contributed by atoms with Gasteiger partial charge in [-0.3, -0.25) is 9.78 Å². The van der Waals surface area contributed by atoms with Crippen LogP contribution in [0.3, 0.4) is 0 Å². The van der Waals surface area contributed by atoms with Crippen molar-refractivity contribution in [1.29, 1.82) is 0 Å². The molecule has 0 aliphatic carbocycles. The molecule has 27 heavy (non-hydrogen) atoms. The van der Waals surface area contributed by atoms with E-state index >= 15 is 0 Å². The number of carbonyl (C=O) groups is 1. The molecule has 2 heterocycles. The second-order valence-electron chi connectivity index (χ2n) is 7.19. The minimum absolute atomic E-state index is 0.0283. The maximum Gasteiger partial charge on any atom is 0.223 e. The molecule has 1 amide bonds. The maximum absolute atomic E-state index is 12.6. The lowest BCUT2D eigenvalue weighted by molar-refractivity contribution is -0.130. The van der Waals surface area contributed by atoms with Gasteiger partial charge in [0, 0.05) is 31.0 Å². The van der Waals surface area contributed by atoms with Crippen LogP contribution in [0.4, 0.5) is 0 Å². The zero-order valence-electron chi connectivity index (χ0n) is 15.6. The molecule has 1 saturated heterocycles. The fourth-order valence-electron chi connectivity index (χ4n) is 3.68. The third-order valence-electron chi connectivity index (χ3n) is 5.10. The van der Waals surface area contributed by atoms with Crippen LogP contribution in [0.5, 0.6) is 5.75 Å². The first-order valence-electron chi connectivity index (χ1n) is 9.53. The summed E-state index contributed by atoms with van der Waals surface area (Å²) in [6.07, 6.45) is 4.01. The van der Waals surface area contributed by atoms with Crippen molar-refractivity contribution in [2.45, 2.75) is 32.3 Å². The van der Waals surface area contributed by atoms with Crippen LogP contribution in [0.2, 0.25) is 0 Å². The third-order valence-corrected chi connectivity index (χ3v) is 5.10. The number of aromatic nitrogens is 1. The Bertz CT molecular complexity index is 949. The number of pyridine rings is 1. The van der Waals surface area contributed by atoms with Gasteiger partial charge in [-0.1, -0.05) is 48.0 Å². The number of rotatable bonds is 5. The minimum atomic E-state index is 0.0283. The highest BCUT2D eigenvalue weighted by Gasteiger charge is 2.27. The molecule has 0 bridgehead atoms. The van der Waals surface area contributed by atoms with Gasteiger partial charge in [-0.25, -0.2) is 0 Å². The lowest BCUT2D eigenvalue weighted by Crippen LogP contribution is -2.31. The second-order valence-corrected chi connectivity index (χ2v) is 7.19. The molecule has 1 aromatic heterocycles. The normalized spacial score (nSPS) is 16.6. The summed E-state index contributed by atoms with van der Waals surface area (Å²) in [5.41, 5.74) is 3.33. The van der Waals surface area contributed by atoms with Gasteiger partial charge in [-0.2, -0.15) is 0 Å². The zero-order valence-corrected chi connectivity index (χ0v) is 15.6. The Morgan fingerprint density at radius 1 is 1.19 bits per heavy atom. The van der Waals surface area contributed by atoms with E-state index in [-0.39, 0.29) is 12.0 Å². The number of likely N-dealkylation sites (tertiary alicyclic amines) is 1. The van der Waals surface area contributed by atoms with Crippen LogP contribution in [0.1, 0.15) is 24.0 Å². The lowest BCUT2D eigenvalue weighted by Gasteiger charge is -2.18. The number of hydrogen-bond donors (Lipinski definition) is 0. The highest BCUT2D eigenvalue weighted by atomic mass is 16.5. The van der Waals surface area contributed by atoms with Crippen molar-refractivity contribution in [3.8, 4) is 5.75 Å². The van der Waals surface area contributed by atoms with Gasteiger partial charge >= 0.3 is 0 Å². The molecule has 0 radical (unpaired) electrons. The summed E-state index contributed by atoms with van der Waals surface area (Å²) in [5.74, 6) is 1.01. The van der Waals surface area contributed by atoms with Crippen LogP contribution in [0, 0.1) is 6.92 Å². The van der Waals surface area contributed by atoms with E-state index in [0.29, 0.717) is 13.0 Å². The van der Waals surface area contributed by atoms with E-state index in [0.717, 1.165) is 36.0 Å². The molecule has 1 aliphatic heterocycles. The van der Waals surface area contributed by atoms with Crippen LogP contribution in [-0.2, 0) is 11.2 Å². The van der Waals surface area contributed by atoms with Crippen molar-refractivity contribution >= 4 is 16.8 Å². The summed E-state index contributed by atoms with van der Waals surface area (Å²) in [7, 11) is 0. The van der Waals surface area contributed by atoms with Crippen molar-refractivity contribution in [1.82, 2.24) is 9.88 Å². The zero-order chi connectivity index (χ0) is 18.6. The Kier molecular flexibility index (Phi) is 5.05. The van der Waals surface area contributed by atoms with Crippen molar-refractivity contribution in [3.63, 3.8) is 0 Å². The van der Waals surface area contributed by atoms with Gasteiger partial charge in [0.25, 0.3) is 0 Å². The van der Waals surface area contributed by atoms with Crippen molar-refractivity contribution in [2.75, 3.05) is 13.1 Å². The van der Waals surface area contributed by atoms with Gasteiger partial charge in [0.1, 0.15) is 17.4 Å². The van der Waals surface area contributed by atoms with Crippen molar-refractivity contribution < 1.29 is 9.53 Å². The molecule has 4 heteroatoms. The van der Waals surface area contributed by atoms with Gasteiger partial charge in [0.2, 0.25) is 5.91 Å². The van der Waals surface area contributed by atoms with Crippen LogP contribution in [0.15, 0.2) is 60.8 Å². The van der Waals surface area contributed by atoms with E-state index in [1.165, 1.54) is 11.1 Å². The molecule has 0 N–H and O–H groups in total. The van der Waals surface area contributed by atoms with Gasteiger partial charge in [-0.15, -0.1) is 0 Å². The van der Waals surface area contributed by atoms with Gasteiger partial charge in [0.05, 0.1) is 6.54 Å². The molecular formula is C23H24N2O2. The molecule has 138 valence electrons. The summed E-state index contributed by atoms with van der Waals surface area (Å²) >= 11 is 0. The molecule has 1 unspecified atom stereocenters. The predicted molar refractivity (Wildman–Crippen MR) is 107 cm³/mol. The lowest BCUT2D eigenvalue weighted by atomic mass is 10.1. The molecule has 4 rings (SSSR count). The quantitative estimate of drug-likeness (QED) is 0.686. The summed E-state index contributed by atoms with van der Waals surface area (Å²) < 4.78 is 6.19. The first kappa shape index (κ1) is 17.5. The van der Waals surface area contributed by atoms with Crippen molar-refractivity contribution in [2.24, 2.45) is 0 Å². The minimum Gasteiger partial charge on any atom is -0.486 e. The monoisotopic (exact) mass is 360 g/mol. The number of amides is 1. The Morgan fingerprint density at radius 3 is 2.93 bits per heavy atom. The smallest absolute Gasteiger partial charge is 0.223 e. The van der Waals surface area contributed by atoms with E-state index < -0.39 is 0 Å². The SMILES string of the molecule is Cc1cccc(CCC(=O)N2CCC(Oc3cccc4cccnc34)C2)c1. The van der Waals surface area contributed by atoms with E-state index in [1.54, 1.807) is 6.20 Å². The number of hydrogen-bond acceptors (Lipinski definition) is 3. The number of fused-ring (bicyclic) bond motifs is 1. The summed E-state index contributed by atoms with van der Waals surface area (Å²) in [6.45, 7) is 3.49. The largest absolute Gasteiger partial charge is 0.486 e. The third kappa shape index (κ3) is 4.11. The molecule has 0 spiro atoms. The van der Waals surface area contributed by atoms with Gasteiger partial charge in [-0.05, 0) is 31.0 Å². The van der Waals surface area contributed by atoms with Crippen LogP contribution in [0.25, 0.3) is 10.9 Å². The fraction of sp³-hybridized carbons (Fsp3) is 0.304. The Hall–Kier alpha value is -2.88. The fourth-order valence-corrected chi connectivity index (χ4v) is 3.68. The average Bonchev–Trinajstić information content (AvgIpc) is 3.15. The molecule has 4 nitrogen and oxygen atoms in total. The molecule has 3 aromatic rings. The topological polar surface area (TPSA) is 42.4 Å².